The summed E-state index contributed by atoms with van der Waals surface area (Å²) in [6.07, 6.45) is 1.62. The van der Waals surface area contributed by atoms with E-state index in [1.807, 2.05) is 18.2 Å². The molecular formula is C15H16N4O2. The lowest BCUT2D eigenvalue weighted by molar-refractivity contribution is -0.172. The lowest BCUT2D eigenvalue weighted by atomic mass is 9.75. The molecule has 0 N–H and O–H groups in total. The summed E-state index contributed by atoms with van der Waals surface area (Å²) in [6, 6.07) is 7.36. The Bertz CT molecular complexity index is 686. The normalized spacial score (nSPS) is 33.8. The van der Waals surface area contributed by atoms with Gasteiger partial charge >= 0.3 is 0 Å². The first-order valence-electron chi connectivity index (χ1n) is 7.12. The van der Waals surface area contributed by atoms with E-state index >= 15 is 0 Å². The molecule has 21 heavy (non-hydrogen) atoms. The molecule has 0 saturated carbocycles. The van der Waals surface area contributed by atoms with E-state index in [0.717, 1.165) is 18.4 Å². The van der Waals surface area contributed by atoms with E-state index in [4.69, 9.17) is 0 Å². The minimum atomic E-state index is -0.676. The first-order chi connectivity index (χ1) is 10.1. The number of hydrazine groups is 1. The zero-order valence-corrected chi connectivity index (χ0v) is 12.0. The molecular weight excluding hydrogens is 268 g/mol. The molecule has 3 atom stereocenters. The number of fused-ring (bicyclic) bond motifs is 4. The van der Waals surface area contributed by atoms with Crippen LogP contribution < -0.4 is 0 Å². The van der Waals surface area contributed by atoms with Crippen molar-refractivity contribution in [2.45, 2.75) is 24.4 Å². The number of hydrogen-bond donors (Lipinski definition) is 0. The Kier molecular flexibility index (Phi) is 2.32. The highest BCUT2D eigenvalue weighted by molar-refractivity contribution is 5.96. The number of carbonyl (C=O) groups excluding carboxylic acids is 2. The first-order valence-corrected chi connectivity index (χ1v) is 7.12. The summed E-state index contributed by atoms with van der Waals surface area (Å²) in [6.45, 7) is 0. The first kappa shape index (κ1) is 12.5. The number of benzene rings is 1. The largest absolute Gasteiger partial charge is 0.272 e. The third-order valence-electron chi connectivity index (χ3n) is 5.06. The lowest BCUT2D eigenvalue weighted by Gasteiger charge is -2.41. The van der Waals surface area contributed by atoms with Gasteiger partial charge in [0.05, 0.1) is 0 Å². The van der Waals surface area contributed by atoms with E-state index < -0.39 is 17.5 Å². The van der Waals surface area contributed by atoms with Crippen LogP contribution in [0, 0.1) is 5.92 Å². The smallest absolute Gasteiger partial charge is 0.268 e. The van der Waals surface area contributed by atoms with Gasteiger partial charge in [-0.2, -0.15) is 10.2 Å². The molecule has 0 bridgehead atoms. The third-order valence-corrected chi connectivity index (χ3v) is 5.06. The molecule has 2 amide bonds. The van der Waals surface area contributed by atoms with Gasteiger partial charge in [-0.25, -0.2) is 0 Å². The van der Waals surface area contributed by atoms with Gasteiger partial charge in [-0.1, -0.05) is 24.3 Å². The molecule has 1 aromatic carbocycles. The van der Waals surface area contributed by atoms with Crippen LogP contribution >= 0.6 is 0 Å². The molecule has 1 unspecified atom stereocenters. The fourth-order valence-corrected chi connectivity index (χ4v) is 3.82. The minimum absolute atomic E-state index is 0.0798. The zero-order chi connectivity index (χ0) is 14.8. The minimum Gasteiger partial charge on any atom is -0.272 e. The highest BCUT2D eigenvalue weighted by Crippen LogP contribution is 2.52. The molecule has 1 saturated heterocycles. The lowest BCUT2D eigenvalue weighted by Crippen LogP contribution is -2.61. The highest BCUT2D eigenvalue weighted by Gasteiger charge is 2.61. The van der Waals surface area contributed by atoms with Crippen LogP contribution in [0.1, 0.15) is 17.5 Å². The number of rotatable bonds is 0. The molecule has 3 aliphatic rings. The van der Waals surface area contributed by atoms with Crippen molar-refractivity contribution < 1.29 is 9.59 Å². The number of amides is 2. The van der Waals surface area contributed by atoms with Crippen molar-refractivity contribution in [2.75, 3.05) is 14.1 Å². The van der Waals surface area contributed by atoms with E-state index in [1.54, 1.807) is 14.1 Å². The van der Waals surface area contributed by atoms with Crippen LogP contribution in [0.5, 0.6) is 0 Å². The van der Waals surface area contributed by atoms with Crippen molar-refractivity contribution in [3.8, 4) is 0 Å². The Morgan fingerprint density at radius 3 is 2.67 bits per heavy atom. The van der Waals surface area contributed by atoms with Crippen LogP contribution in [0.15, 0.2) is 34.5 Å². The average Bonchev–Trinajstić information content (AvgIpc) is 3.07. The van der Waals surface area contributed by atoms with E-state index in [0.29, 0.717) is 0 Å². The summed E-state index contributed by atoms with van der Waals surface area (Å²) in [5.41, 5.74) is 1.61. The zero-order valence-electron chi connectivity index (χ0n) is 12.0. The number of likely N-dealkylation sites (N-methyl/N-ethyl adjacent to an activating group) is 1. The van der Waals surface area contributed by atoms with Gasteiger partial charge in [-0.15, -0.1) is 0 Å². The molecule has 4 rings (SSSR count). The Balaban J connectivity index is 1.86. The van der Waals surface area contributed by atoms with Crippen LogP contribution in [0.25, 0.3) is 0 Å². The van der Waals surface area contributed by atoms with Gasteiger partial charge in [0.2, 0.25) is 5.91 Å². The van der Waals surface area contributed by atoms with Crippen LogP contribution in [-0.2, 0) is 21.5 Å². The van der Waals surface area contributed by atoms with Gasteiger partial charge in [0.1, 0.15) is 11.5 Å². The SMILES string of the molecule is CN1C(=O)[C@H]2N=NC3(CCc4ccccc43)[C@H]2C(=O)N1C. The molecule has 0 radical (unpaired) electrons. The third kappa shape index (κ3) is 1.37. The van der Waals surface area contributed by atoms with Gasteiger partial charge in [-0.3, -0.25) is 19.6 Å². The predicted octanol–water partition coefficient (Wildman–Crippen LogP) is 1.12. The number of carbonyl (C=O) groups is 2. The molecule has 1 aliphatic carbocycles. The van der Waals surface area contributed by atoms with Crippen LogP contribution in [0.4, 0.5) is 0 Å². The maximum absolute atomic E-state index is 12.7. The molecule has 2 aliphatic heterocycles. The summed E-state index contributed by atoms with van der Waals surface area (Å²) in [5, 5.41) is 11.4. The number of hydrogen-bond acceptors (Lipinski definition) is 4. The molecule has 6 nitrogen and oxygen atoms in total. The molecule has 1 spiro atoms. The summed E-state index contributed by atoms with van der Waals surface area (Å²) >= 11 is 0. The summed E-state index contributed by atoms with van der Waals surface area (Å²) in [5.74, 6) is -0.745. The van der Waals surface area contributed by atoms with Crippen molar-refractivity contribution in [1.82, 2.24) is 10.0 Å². The molecule has 1 fully saturated rings. The van der Waals surface area contributed by atoms with Gasteiger partial charge < -0.3 is 0 Å². The summed E-state index contributed by atoms with van der Waals surface area (Å²) in [7, 11) is 3.23. The number of azo groups is 1. The molecule has 1 aromatic rings. The maximum Gasteiger partial charge on any atom is 0.268 e. The fourth-order valence-electron chi connectivity index (χ4n) is 3.82. The highest BCUT2D eigenvalue weighted by atomic mass is 16.2. The Labute approximate surface area is 122 Å². The second-order valence-electron chi connectivity index (χ2n) is 5.94. The molecule has 0 aromatic heterocycles. The van der Waals surface area contributed by atoms with E-state index in [-0.39, 0.29) is 11.8 Å². The van der Waals surface area contributed by atoms with Crippen molar-refractivity contribution in [3.05, 3.63) is 35.4 Å². The van der Waals surface area contributed by atoms with E-state index in [2.05, 4.69) is 16.3 Å². The predicted molar refractivity (Wildman–Crippen MR) is 74.1 cm³/mol. The van der Waals surface area contributed by atoms with Gasteiger partial charge in [0.15, 0.2) is 6.04 Å². The van der Waals surface area contributed by atoms with Crippen LogP contribution in [0.2, 0.25) is 0 Å². The average molecular weight is 284 g/mol. The Morgan fingerprint density at radius 1 is 1.14 bits per heavy atom. The number of nitrogens with zero attached hydrogens (tertiary/aromatic N) is 4. The monoisotopic (exact) mass is 284 g/mol. The van der Waals surface area contributed by atoms with Gasteiger partial charge in [0.25, 0.3) is 5.91 Å². The molecule has 6 heteroatoms. The van der Waals surface area contributed by atoms with Gasteiger partial charge in [-0.05, 0) is 24.0 Å². The second kappa shape index (κ2) is 3.90. The number of aryl methyl sites for hydroxylation is 1. The summed E-state index contributed by atoms with van der Waals surface area (Å²) < 4.78 is 0. The standard InChI is InChI=1S/C15H16N4O2/c1-18-13(20)11-12(14(21)19(18)2)16-17-15(11)8-7-9-5-3-4-6-10(9)15/h3-6,11-12H,7-8H2,1-2H3/t11-,12+,15?/m1/s1. The maximum atomic E-state index is 12.7. The second-order valence-corrected chi connectivity index (χ2v) is 5.94. The van der Waals surface area contributed by atoms with Crippen LogP contribution in [-0.4, -0.2) is 42.0 Å². The summed E-state index contributed by atoms with van der Waals surface area (Å²) in [4.78, 5) is 25.1. The van der Waals surface area contributed by atoms with Crippen molar-refractivity contribution in [1.29, 1.82) is 0 Å². The van der Waals surface area contributed by atoms with Crippen LogP contribution in [0.3, 0.4) is 0 Å². The topological polar surface area (TPSA) is 65.3 Å². The van der Waals surface area contributed by atoms with E-state index in [9.17, 15) is 9.59 Å². The molecule has 2 heterocycles. The van der Waals surface area contributed by atoms with Gasteiger partial charge in [0, 0.05) is 14.1 Å². The van der Waals surface area contributed by atoms with Crippen molar-refractivity contribution >= 4 is 11.8 Å². The van der Waals surface area contributed by atoms with Crippen molar-refractivity contribution in [2.24, 2.45) is 16.1 Å². The Hall–Kier alpha value is -2.24. The molecule has 108 valence electrons. The quantitative estimate of drug-likeness (QED) is 0.716. The Morgan fingerprint density at radius 2 is 1.86 bits per heavy atom. The fraction of sp³-hybridized carbons (Fsp3) is 0.467. The van der Waals surface area contributed by atoms with Crippen molar-refractivity contribution in [3.63, 3.8) is 0 Å². The van der Waals surface area contributed by atoms with E-state index in [1.165, 1.54) is 15.6 Å².